The molecule has 0 radical (unpaired) electrons. The highest BCUT2D eigenvalue weighted by Gasteiger charge is 2.35. The van der Waals surface area contributed by atoms with Crippen molar-refractivity contribution in [3.8, 4) is 0 Å². The molecule has 130 valence electrons. The molecule has 7 nitrogen and oxygen atoms in total. The molecule has 1 unspecified atom stereocenters. The molecule has 0 fully saturated rings. The van der Waals surface area contributed by atoms with Crippen LogP contribution in [-0.4, -0.2) is 36.7 Å². The quantitative estimate of drug-likeness (QED) is 0.828. The summed E-state index contributed by atoms with van der Waals surface area (Å²) in [4.78, 5) is 12.1. The zero-order valence-corrected chi connectivity index (χ0v) is 14.7. The normalized spacial score (nSPS) is 14.0. The van der Waals surface area contributed by atoms with Gasteiger partial charge in [-0.05, 0) is 25.5 Å². The molecule has 2 rings (SSSR count). The van der Waals surface area contributed by atoms with E-state index in [0.717, 1.165) is 17.5 Å². The number of rotatable bonds is 6. The molecule has 8 heteroatoms. The van der Waals surface area contributed by atoms with Crippen molar-refractivity contribution < 1.29 is 17.9 Å². The van der Waals surface area contributed by atoms with Gasteiger partial charge in [0.1, 0.15) is 16.4 Å². The van der Waals surface area contributed by atoms with Crippen molar-refractivity contribution in [3.63, 3.8) is 0 Å². The number of nitrogens with one attached hydrogen (secondary N) is 2. The maximum Gasteiger partial charge on any atom is 0.408 e. The predicted octanol–water partition coefficient (Wildman–Crippen LogP) is 1.90. The lowest BCUT2D eigenvalue weighted by atomic mass is 10.0. The van der Waals surface area contributed by atoms with E-state index < -0.39 is 21.5 Å². The fourth-order valence-electron chi connectivity index (χ4n) is 2.38. The van der Waals surface area contributed by atoms with Crippen LogP contribution in [0.5, 0.6) is 0 Å². The van der Waals surface area contributed by atoms with Gasteiger partial charge >= 0.3 is 6.09 Å². The minimum atomic E-state index is -3.36. The van der Waals surface area contributed by atoms with E-state index in [0.29, 0.717) is 5.69 Å². The Balaban J connectivity index is 2.11. The van der Waals surface area contributed by atoms with Crippen molar-refractivity contribution in [2.45, 2.75) is 26.0 Å². The van der Waals surface area contributed by atoms with E-state index in [1.54, 1.807) is 19.9 Å². The number of hydrogen-bond donors (Lipinski definition) is 2. The Hall–Kier alpha value is -2.35. The number of carbonyl (C=O) groups excluding carboxylic acids is 1. The van der Waals surface area contributed by atoms with E-state index in [4.69, 9.17) is 4.74 Å². The predicted molar refractivity (Wildman–Crippen MR) is 90.2 cm³/mol. The number of amides is 1. The van der Waals surface area contributed by atoms with E-state index in [9.17, 15) is 13.2 Å². The summed E-state index contributed by atoms with van der Waals surface area (Å²) in [6.45, 7) is 3.50. The first-order chi connectivity index (χ1) is 11.2. The lowest BCUT2D eigenvalue weighted by Crippen LogP contribution is -2.48. The van der Waals surface area contributed by atoms with Gasteiger partial charge in [-0.2, -0.15) is 5.10 Å². The van der Waals surface area contributed by atoms with Crippen LogP contribution in [0.1, 0.15) is 23.9 Å². The number of aromatic amines is 1. The van der Waals surface area contributed by atoms with Crippen molar-refractivity contribution in [2.75, 3.05) is 12.0 Å². The summed E-state index contributed by atoms with van der Waals surface area (Å²) >= 11 is 0. The Labute approximate surface area is 141 Å². The number of aromatic nitrogens is 2. The number of aryl methyl sites for hydroxylation is 1. The van der Waals surface area contributed by atoms with Gasteiger partial charge in [0, 0.05) is 11.9 Å². The first-order valence-electron chi connectivity index (χ1n) is 7.37. The molecule has 1 aromatic carbocycles. The number of H-pyrrole nitrogens is 1. The minimum Gasteiger partial charge on any atom is -0.445 e. The number of ether oxygens (including phenoxy) is 1. The fourth-order valence-corrected chi connectivity index (χ4v) is 3.65. The van der Waals surface area contributed by atoms with Crippen molar-refractivity contribution in [3.05, 3.63) is 53.3 Å². The SMILES string of the molecule is Cc1cc(C(C)(CS(C)(=O)=O)NC(=O)OCc2ccccc2)n[nH]1. The smallest absolute Gasteiger partial charge is 0.408 e. The Bertz CT molecular complexity index is 802. The second-order valence-corrected chi connectivity index (χ2v) is 8.17. The molecular weight excluding hydrogens is 330 g/mol. The van der Waals surface area contributed by atoms with Crippen LogP contribution < -0.4 is 5.32 Å². The van der Waals surface area contributed by atoms with Crippen LogP contribution in [0.3, 0.4) is 0 Å². The number of sulfone groups is 1. The lowest BCUT2D eigenvalue weighted by Gasteiger charge is -2.27. The number of nitrogens with zero attached hydrogens (tertiary/aromatic N) is 1. The third-order valence-electron chi connectivity index (χ3n) is 3.41. The third kappa shape index (κ3) is 5.09. The molecule has 1 atom stereocenters. The number of alkyl carbamates (subject to hydrolysis) is 1. The molecule has 0 spiro atoms. The first-order valence-corrected chi connectivity index (χ1v) is 9.43. The highest BCUT2D eigenvalue weighted by Crippen LogP contribution is 2.22. The summed E-state index contributed by atoms with van der Waals surface area (Å²) in [5.74, 6) is -0.287. The molecule has 1 heterocycles. The van der Waals surface area contributed by atoms with Gasteiger partial charge in [-0.15, -0.1) is 0 Å². The molecule has 0 saturated carbocycles. The number of benzene rings is 1. The average Bonchev–Trinajstić information content (AvgIpc) is 2.92. The molecule has 2 aromatic rings. The van der Waals surface area contributed by atoms with Crippen LogP contribution in [0.2, 0.25) is 0 Å². The first kappa shape index (κ1) is 18.0. The van der Waals surface area contributed by atoms with Gasteiger partial charge in [-0.3, -0.25) is 5.10 Å². The summed E-state index contributed by atoms with van der Waals surface area (Å²) in [5.41, 5.74) is 0.853. The van der Waals surface area contributed by atoms with Crippen LogP contribution in [-0.2, 0) is 26.7 Å². The highest BCUT2D eigenvalue weighted by molar-refractivity contribution is 7.90. The Morgan fingerprint density at radius 3 is 2.54 bits per heavy atom. The molecule has 0 aliphatic carbocycles. The third-order valence-corrected chi connectivity index (χ3v) is 4.51. The summed E-state index contributed by atoms with van der Waals surface area (Å²) in [6.07, 6.45) is 0.410. The Morgan fingerprint density at radius 2 is 2.00 bits per heavy atom. The highest BCUT2D eigenvalue weighted by atomic mass is 32.2. The number of carbonyl (C=O) groups is 1. The van der Waals surface area contributed by atoms with Crippen molar-refractivity contribution >= 4 is 15.9 Å². The largest absolute Gasteiger partial charge is 0.445 e. The molecule has 1 amide bonds. The molecule has 0 aliphatic rings. The standard InChI is InChI=1S/C16H21N3O4S/c1-12-9-14(19-18-12)16(2,11-24(3,21)22)17-15(20)23-10-13-7-5-4-6-8-13/h4-9H,10-11H2,1-3H3,(H,17,20)(H,18,19). The Morgan fingerprint density at radius 1 is 1.33 bits per heavy atom. The molecule has 0 saturated heterocycles. The molecule has 0 bridgehead atoms. The molecule has 1 aromatic heterocycles. The van der Waals surface area contributed by atoms with Crippen LogP contribution in [0.15, 0.2) is 36.4 Å². The van der Waals surface area contributed by atoms with Gasteiger partial charge in [0.05, 0.1) is 17.0 Å². The molecule has 24 heavy (non-hydrogen) atoms. The summed E-state index contributed by atoms with van der Waals surface area (Å²) in [5, 5.41) is 9.46. The lowest BCUT2D eigenvalue weighted by molar-refractivity contribution is 0.129. The van der Waals surface area contributed by atoms with Crippen molar-refractivity contribution in [1.29, 1.82) is 0 Å². The van der Waals surface area contributed by atoms with Gasteiger partial charge in [-0.1, -0.05) is 30.3 Å². The maximum absolute atomic E-state index is 12.1. The Kier molecular flexibility index (Phi) is 5.28. The van der Waals surface area contributed by atoms with Crippen LogP contribution in [0, 0.1) is 6.92 Å². The summed E-state index contributed by atoms with van der Waals surface area (Å²) < 4.78 is 28.7. The van der Waals surface area contributed by atoms with Gasteiger partial charge in [-0.25, -0.2) is 13.2 Å². The maximum atomic E-state index is 12.1. The van der Waals surface area contributed by atoms with E-state index in [1.165, 1.54) is 0 Å². The zero-order valence-electron chi connectivity index (χ0n) is 13.9. The van der Waals surface area contributed by atoms with Gasteiger partial charge in [0.25, 0.3) is 0 Å². The minimum absolute atomic E-state index is 0.0984. The molecule has 0 aliphatic heterocycles. The van der Waals surface area contributed by atoms with Crippen LogP contribution >= 0.6 is 0 Å². The monoisotopic (exact) mass is 351 g/mol. The topological polar surface area (TPSA) is 101 Å². The second-order valence-electron chi connectivity index (χ2n) is 6.03. The van der Waals surface area contributed by atoms with Crippen molar-refractivity contribution in [1.82, 2.24) is 15.5 Å². The summed E-state index contributed by atoms with van der Waals surface area (Å²) in [6, 6.07) is 10.9. The number of hydrogen-bond acceptors (Lipinski definition) is 5. The van der Waals surface area contributed by atoms with E-state index in [-0.39, 0.29) is 12.4 Å². The van der Waals surface area contributed by atoms with Crippen molar-refractivity contribution in [2.24, 2.45) is 0 Å². The van der Waals surface area contributed by atoms with Gasteiger partial charge in [0.2, 0.25) is 0 Å². The van der Waals surface area contributed by atoms with E-state index >= 15 is 0 Å². The second kappa shape index (κ2) is 7.04. The van der Waals surface area contributed by atoms with Crippen LogP contribution in [0.25, 0.3) is 0 Å². The van der Waals surface area contributed by atoms with Crippen LogP contribution in [0.4, 0.5) is 4.79 Å². The van der Waals surface area contributed by atoms with E-state index in [2.05, 4.69) is 15.5 Å². The molecule has 2 N–H and O–H groups in total. The van der Waals surface area contributed by atoms with Gasteiger partial charge < -0.3 is 10.1 Å². The molecular formula is C16H21N3O4S. The van der Waals surface area contributed by atoms with E-state index in [1.807, 2.05) is 30.3 Å². The fraction of sp³-hybridized carbons (Fsp3) is 0.375. The zero-order chi connectivity index (χ0) is 17.8. The summed E-state index contributed by atoms with van der Waals surface area (Å²) in [7, 11) is -3.36. The average molecular weight is 351 g/mol. The van der Waals surface area contributed by atoms with Gasteiger partial charge in [0.15, 0.2) is 0 Å².